The smallest absolute Gasteiger partial charge is 0.317 e. The van der Waals surface area contributed by atoms with E-state index in [1.807, 2.05) is 44.3 Å². The number of ether oxygens (including phenoxy) is 2. The van der Waals surface area contributed by atoms with Gasteiger partial charge in [0.05, 0.1) is 18.8 Å². The van der Waals surface area contributed by atoms with E-state index in [2.05, 4.69) is 10.4 Å². The second-order valence-electron chi connectivity index (χ2n) is 6.78. The molecule has 2 heterocycles. The summed E-state index contributed by atoms with van der Waals surface area (Å²) in [5.41, 5.74) is 2.07. The first-order chi connectivity index (χ1) is 13.1. The van der Waals surface area contributed by atoms with Gasteiger partial charge in [0.25, 0.3) is 0 Å². The molecule has 2 amide bonds. The summed E-state index contributed by atoms with van der Waals surface area (Å²) in [7, 11) is 1.89. The first kappa shape index (κ1) is 19.2. The molecule has 7 nitrogen and oxygen atoms in total. The first-order valence-electron chi connectivity index (χ1n) is 9.43. The summed E-state index contributed by atoms with van der Waals surface area (Å²) in [6, 6.07) is 9.53. The molecule has 1 aliphatic heterocycles. The molecule has 1 aromatic carbocycles. The van der Waals surface area contributed by atoms with E-state index < -0.39 is 0 Å². The predicted octanol–water partition coefficient (Wildman–Crippen LogP) is 2.50. The Morgan fingerprint density at radius 3 is 2.89 bits per heavy atom. The highest BCUT2D eigenvalue weighted by atomic mass is 16.5. The van der Waals surface area contributed by atoms with Crippen LogP contribution in [0.15, 0.2) is 36.5 Å². The van der Waals surface area contributed by atoms with Crippen LogP contribution in [-0.2, 0) is 18.3 Å². The number of carbonyl (C=O) groups excluding carboxylic acids is 1. The van der Waals surface area contributed by atoms with Gasteiger partial charge in [-0.2, -0.15) is 5.10 Å². The lowest BCUT2D eigenvalue weighted by Crippen LogP contribution is -2.45. The number of nitrogens with one attached hydrogen (secondary N) is 1. The molecule has 3 rings (SSSR count). The lowest BCUT2D eigenvalue weighted by Gasteiger charge is -2.25. The zero-order chi connectivity index (χ0) is 19.1. The number of urea groups is 1. The van der Waals surface area contributed by atoms with Gasteiger partial charge in [0, 0.05) is 38.0 Å². The van der Waals surface area contributed by atoms with Gasteiger partial charge in [0.1, 0.15) is 12.4 Å². The van der Waals surface area contributed by atoms with Crippen molar-refractivity contribution in [3.8, 4) is 5.75 Å². The highest BCUT2D eigenvalue weighted by Crippen LogP contribution is 2.14. The minimum atomic E-state index is -0.106. The van der Waals surface area contributed by atoms with Crippen LogP contribution >= 0.6 is 0 Å². The van der Waals surface area contributed by atoms with E-state index in [1.165, 1.54) is 0 Å². The summed E-state index contributed by atoms with van der Waals surface area (Å²) in [6.07, 6.45) is 3.94. The average Bonchev–Trinajstić information content (AvgIpc) is 3.31. The Bertz CT molecular complexity index is 726. The maximum Gasteiger partial charge on any atom is 0.317 e. The fourth-order valence-corrected chi connectivity index (χ4v) is 3.10. The van der Waals surface area contributed by atoms with Crippen molar-refractivity contribution in [3.05, 3.63) is 47.8 Å². The first-order valence-corrected chi connectivity index (χ1v) is 9.43. The van der Waals surface area contributed by atoms with E-state index in [1.54, 1.807) is 15.8 Å². The number of para-hydroxylation sites is 1. The second kappa shape index (κ2) is 9.41. The molecule has 0 radical (unpaired) electrons. The van der Waals surface area contributed by atoms with Crippen molar-refractivity contribution in [1.29, 1.82) is 0 Å². The fraction of sp³-hybridized carbons (Fsp3) is 0.500. The molecule has 1 atom stereocenters. The number of hydrogen-bond acceptors (Lipinski definition) is 4. The average molecular weight is 372 g/mol. The Kier molecular flexibility index (Phi) is 6.70. The Hall–Kier alpha value is -2.54. The van der Waals surface area contributed by atoms with E-state index in [9.17, 15) is 4.79 Å². The minimum absolute atomic E-state index is 0.104. The molecule has 0 saturated carbocycles. The van der Waals surface area contributed by atoms with Crippen molar-refractivity contribution in [3.63, 3.8) is 0 Å². The van der Waals surface area contributed by atoms with Gasteiger partial charge in [-0.15, -0.1) is 0 Å². The lowest BCUT2D eigenvalue weighted by molar-refractivity contribution is 0.0773. The predicted molar refractivity (Wildman–Crippen MR) is 103 cm³/mol. The maximum absolute atomic E-state index is 12.7. The number of benzene rings is 1. The highest BCUT2D eigenvalue weighted by Gasteiger charge is 2.22. The summed E-state index contributed by atoms with van der Waals surface area (Å²) < 4.78 is 13.3. The Morgan fingerprint density at radius 2 is 2.22 bits per heavy atom. The summed E-state index contributed by atoms with van der Waals surface area (Å²) in [5, 5.41) is 7.22. The molecule has 1 aromatic heterocycles. The number of nitrogens with zero attached hydrogens (tertiary/aromatic N) is 3. The van der Waals surface area contributed by atoms with Crippen LogP contribution < -0.4 is 10.1 Å². The molecule has 1 N–H and O–H groups in total. The Balaban J connectivity index is 1.54. The van der Waals surface area contributed by atoms with Crippen molar-refractivity contribution in [1.82, 2.24) is 20.0 Å². The van der Waals surface area contributed by atoms with Crippen LogP contribution in [0.25, 0.3) is 0 Å². The number of hydrogen-bond donors (Lipinski definition) is 1. The van der Waals surface area contributed by atoms with Crippen molar-refractivity contribution >= 4 is 6.03 Å². The maximum atomic E-state index is 12.7. The van der Waals surface area contributed by atoms with Crippen LogP contribution in [0.1, 0.15) is 24.1 Å². The molecule has 1 saturated heterocycles. The Morgan fingerprint density at radius 1 is 1.41 bits per heavy atom. The Labute approximate surface area is 160 Å². The molecular formula is C20H28N4O3. The van der Waals surface area contributed by atoms with Crippen LogP contribution in [0.5, 0.6) is 5.75 Å². The monoisotopic (exact) mass is 372 g/mol. The van der Waals surface area contributed by atoms with Crippen molar-refractivity contribution in [2.24, 2.45) is 7.05 Å². The SMILES string of the molecule is Cc1c(CNC(=O)N(CCOc2ccccc2)C[C@H]2CCCO2)cnn1C. The van der Waals surface area contributed by atoms with E-state index >= 15 is 0 Å². The third kappa shape index (κ3) is 5.47. The zero-order valence-electron chi connectivity index (χ0n) is 16.1. The van der Waals surface area contributed by atoms with Crippen LogP contribution in [0.4, 0.5) is 4.79 Å². The van der Waals surface area contributed by atoms with Gasteiger partial charge in [-0.3, -0.25) is 4.68 Å². The van der Waals surface area contributed by atoms with Crippen LogP contribution in [0.3, 0.4) is 0 Å². The molecule has 146 valence electrons. The fourth-order valence-electron chi connectivity index (χ4n) is 3.10. The van der Waals surface area contributed by atoms with E-state index in [4.69, 9.17) is 9.47 Å². The van der Waals surface area contributed by atoms with E-state index in [0.29, 0.717) is 26.2 Å². The molecule has 1 aliphatic rings. The highest BCUT2D eigenvalue weighted by molar-refractivity contribution is 5.74. The third-order valence-corrected chi connectivity index (χ3v) is 4.88. The van der Waals surface area contributed by atoms with Gasteiger partial charge in [-0.1, -0.05) is 18.2 Å². The van der Waals surface area contributed by atoms with Crippen LogP contribution in [0.2, 0.25) is 0 Å². The summed E-state index contributed by atoms with van der Waals surface area (Å²) in [6.45, 7) is 4.75. The number of carbonyl (C=O) groups is 1. The number of aryl methyl sites for hydroxylation is 1. The molecule has 0 bridgehead atoms. The van der Waals surface area contributed by atoms with Crippen LogP contribution in [-0.4, -0.2) is 53.1 Å². The van der Waals surface area contributed by atoms with E-state index in [-0.39, 0.29) is 12.1 Å². The van der Waals surface area contributed by atoms with E-state index in [0.717, 1.165) is 36.5 Å². The molecule has 1 fully saturated rings. The lowest BCUT2D eigenvalue weighted by atomic mass is 10.2. The molecule has 0 unspecified atom stereocenters. The third-order valence-electron chi connectivity index (χ3n) is 4.88. The normalized spacial score (nSPS) is 16.3. The number of rotatable bonds is 8. The van der Waals surface area contributed by atoms with Gasteiger partial charge in [0.2, 0.25) is 0 Å². The standard InChI is InChI=1S/C20H28N4O3/c1-16-17(14-22-23(16)2)13-21-20(25)24(15-19-9-6-11-26-19)10-12-27-18-7-4-3-5-8-18/h3-5,7-8,14,19H,6,9-13,15H2,1-2H3,(H,21,25)/t19-/m1/s1. The molecule has 0 spiro atoms. The van der Waals surface area contributed by atoms with Gasteiger partial charge < -0.3 is 19.7 Å². The van der Waals surface area contributed by atoms with Crippen molar-refractivity contribution in [2.75, 3.05) is 26.3 Å². The summed E-state index contributed by atoms with van der Waals surface area (Å²) >= 11 is 0. The van der Waals surface area contributed by atoms with Gasteiger partial charge >= 0.3 is 6.03 Å². The summed E-state index contributed by atoms with van der Waals surface area (Å²) in [5.74, 6) is 0.806. The largest absolute Gasteiger partial charge is 0.492 e. The molecule has 7 heteroatoms. The van der Waals surface area contributed by atoms with Crippen molar-refractivity contribution in [2.45, 2.75) is 32.4 Å². The minimum Gasteiger partial charge on any atom is -0.492 e. The number of aromatic nitrogens is 2. The molecule has 27 heavy (non-hydrogen) atoms. The van der Waals surface area contributed by atoms with Crippen molar-refractivity contribution < 1.29 is 14.3 Å². The zero-order valence-corrected chi connectivity index (χ0v) is 16.1. The topological polar surface area (TPSA) is 68.6 Å². The van der Waals surface area contributed by atoms with Crippen LogP contribution in [0, 0.1) is 6.92 Å². The van der Waals surface area contributed by atoms with Gasteiger partial charge in [-0.05, 0) is 31.9 Å². The van der Waals surface area contributed by atoms with Gasteiger partial charge in [0.15, 0.2) is 0 Å². The summed E-state index contributed by atoms with van der Waals surface area (Å²) in [4.78, 5) is 14.5. The number of amides is 2. The quantitative estimate of drug-likeness (QED) is 0.773. The molecule has 2 aromatic rings. The molecule has 0 aliphatic carbocycles. The van der Waals surface area contributed by atoms with Gasteiger partial charge in [-0.25, -0.2) is 4.79 Å². The molecular weight excluding hydrogens is 344 g/mol. The second-order valence-corrected chi connectivity index (χ2v) is 6.78.